The van der Waals surface area contributed by atoms with Gasteiger partial charge in [-0.2, -0.15) is 0 Å². The van der Waals surface area contributed by atoms with Gasteiger partial charge in [-0.15, -0.1) is 0 Å². The minimum atomic E-state index is -1.43. The van der Waals surface area contributed by atoms with Crippen molar-refractivity contribution in [3.63, 3.8) is 0 Å². The van der Waals surface area contributed by atoms with Crippen molar-refractivity contribution in [2.45, 2.75) is 51.7 Å². The predicted octanol–water partition coefficient (Wildman–Crippen LogP) is 1.93. The summed E-state index contributed by atoms with van der Waals surface area (Å²) in [6.45, 7) is 7.67. The Balaban J connectivity index is 2.49. The molecule has 18 heavy (non-hydrogen) atoms. The maximum atomic E-state index is 12.5. The molecule has 0 saturated heterocycles. The Bertz CT molecular complexity index is 383. The average molecular weight is 252 g/mol. The summed E-state index contributed by atoms with van der Waals surface area (Å²) in [6, 6.07) is 0. The average Bonchev–Trinajstić information content (AvgIpc) is 2.27. The van der Waals surface area contributed by atoms with E-state index in [0.29, 0.717) is 5.92 Å². The second-order valence-electron chi connectivity index (χ2n) is 6.60. The summed E-state index contributed by atoms with van der Waals surface area (Å²) in [5, 5.41) is 21.0. The van der Waals surface area contributed by atoms with Gasteiger partial charge in [0.2, 0.25) is 0 Å². The number of hydrogen-bond acceptors (Lipinski definition) is 3. The van der Waals surface area contributed by atoms with E-state index < -0.39 is 17.1 Å². The highest BCUT2D eigenvalue weighted by molar-refractivity contribution is 5.93. The standard InChI is InChI=1S/C15H24O3/c1-9(2)11-6-5-10(3)15(18)8-7-14(4,17)13(16)12(11)15/h7-12,17-18H,5-6H2,1-4H3/t10-,11+,12-,14+,15+/m1/s1. The number of fused-ring (bicyclic) bond motifs is 1. The van der Waals surface area contributed by atoms with E-state index in [9.17, 15) is 15.0 Å². The number of carbonyl (C=O) groups excluding carboxylic acids is 1. The lowest BCUT2D eigenvalue weighted by atomic mass is 9.56. The van der Waals surface area contributed by atoms with E-state index in [0.717, 1.165) is 12.8 Å². The molecule has 0 unspecified atom stereocenters. The predicted molar refractivity (Wildman–Crippen MR) is 69.9 cm³/mol. The van der Waals surface area contributed by atoms with Gasteiger partial charge in [0.25, 0.3) is 0 Å². The van der Waals surface area contributed by atoms with Gasteiger partial charge in [-0.25, -0.2) is 0 Å². The van der Waals surface area contributed by atoms with Crippen LogP contribution in [-0.2, 0) is 4.79 Å². The second kappa shape index (κ2) is 4.17. The van der Waals surface area contributed by atoms with Gasteiger partial charge in [-0.1, -0.05) is 26.8 Å². The van der Waals surface area contributed by atoms with Crippen LogP contribution in [0, 0.1) is 23.7 Å². The zero-order valence-electron chi connectivity index (χ0n) is 11.7. The summed E-state index contributed by atoms with van der Waals surface area (Å²) < 4.78 is 0. The molecular weight excluding hydrogens is 228 g/mol. The Morgan fingerprint density at radius 2 is 1.89 bits per heavy atom. The van der Waals surface area contributed by atoms with Crippen LogP contribution in [0.25, 0.3) is 0 Å². The molecule has 3 nitrogen and oxygen atoms in total. The molecule has 2 aliphatic rings. The second-order valence-corrected chi connectivity index (χ2v) is 6.60. The highest BCUT2D eigenvalue weighted by Crippen LogP contribution is 2.49. The third kappa shape index (κ3) is 1.84. The van der Waals surface area contributed by atoms with Crippen molar-refractivity contribution >= 4 is 5.78 Å². The van der Waals surface area contributed by atoms with Crippen LogP contribution < -0.4 is 0 Å². The van der Waals surface area contributed by atoms with Crippen LogP contribution in [0.4, 0.5) is 0 Å². The van der Waals surface area contributed by atoms with Crippen LogP contribution in [-0.4, -0.2) is 27.2 Å². The Morgan fingerprint density at radius 3 is 2.44 bits per heavy atom. The van der Waals surface area contributed by atoms with Crippen LogP contribution >= 0.6 is 0 Å². The fourth-order valence-corrected chi connectivity index (χ4v) is 3.57. The van der Waals surface area contributed by atoms with Crippen LogP contribution in [0.1, 0.15) is 40.5 Å². The first kappa shape index (κ1) is 13.8. The molecule has 1 saturated carbocycles. The Labute approximate surface area is 109 Å². The normalized spacial score (nSPS) is 48.4. The third-order valence-corrected chi connectivity index (χ3v) is 4.96. The molecular formula is C15H24O3. The lowest BCUT2D eigenvalue weighted by molar-refractivity contribution is -0.161. The maximum absolute atomic E-state index is 12.5. The highest BCUT2D eigenvalue weighted by Gasteiger charge is 2.56. The largest absolute Gasteiger partial charge is 0.385 e. The monoisotopic (exact) mass is 252 g/mol. The fourth-order valence-electron chi connectivity index (χ4n) is 3.57. The molecule has 0 radical (unpaired) electrons. The van der Waals surface area contributed by atoms with Crippen LogP contribution in [0.5, 0.6) is 0 Å². The van der Waals surface area contributed by atoms with E-state index in [1.54, 1.807) is 6.08 Å². The Morgan fingerprint density at radius 1 is 1.28 bits per heavy atom. The van der Waals surface area contributed by atoms with Crippen molar-refractivity contribution in [2.24, 2.45) is 23.7 Å². The molecule has 3 heteroatoms. The molecule has 0 amide bonds. The molecule has 2 aliphatic carbocycles. The van der Waals surface area contributed by atoms with Crippen molar-refractivity contribution in [2.75, 3.05) is 0 Å². The summed E-state index contributed by atoms with van der Waals surface area (Å²) in [4.78, 5) is 12.5. The molecule has 5 atom stereocenters. The van der Waals surface area contributed by atoms with E-state index in [1.165, 1.54) is 13.0 Å². The maximum Gasteiger partial charge on any atom is 0.174 e. The first-order chi connectivity index (χ1) is 8.20. The van der Waals surface area contributed by atoms with E-state index in [-0.39, 0.29) is 17.6 Å². The molecule has 0 bridgehead atoms. The SMILES string of the molecule is CC(C)[C@@H]1CC[C@@H](C)[C@@]2(O)C=C[C@](C)(O)C(=O)[C@@H]12. The molecule has 0 aliphatic heterocycles. The molecule has 0 aromatic heterocycles. The summed E-state index contributed by atoms with van der Waals surface area (Å²) in [6.07, 6.45) is 5.00. The first-order valence-electron chi connectivity index (χ1n) is 6.89. The number of carbonyl (C=O) groups is 1. The van der Waals surface area contributed by atoms with Crippen molar-refractivity contribution in [1.29, 1.82) is 0 Å². The lowest BCUT2D eigenvalue weighted by Crippen LogP contribution is -2.60. The van der Waals surface area contributed by atoms with E-state index in [2.05, 4.69) is 13.8 Å². The molecule has 102 valence electrons. The number of aliphatic hydroxyl groups is 2. The smallest absolute Gasteiger partial charge is 0.174 e. The summed E-state index contributed by atoms with van der Waals surface area (Å²) in [7, 11) is 0. The minimum absolute atomic E-state index is 0.0637. The van der Waals surface area contributed by atoms with Crippen molar-refractivity contribution in [3.05, 3.63) is 12.2 Å². The van der Waals surface area contributed by atoms with Gasteiger partial charge in [-0.3, -0.25) is 4.79 Å². The molecule has 2 N–H and O–H groups in total. The highest BCUT2D eigenvalue weighted by atomic mass is 16.3. The molecule has 0 spiro atoms. The summed E-state index contributed by atoms with van der Waals surface area (Å²) in [5.74, 6) is -0.150. The molecule has 2 rings (SSSR count). The van der Waals surface area contributed by atoms with Gasteiger partial charge in [0.15, 0.2) is 5.78 Å². The molecule has 1 fully saturated rings. The zero-order chi connectivity index (χ0) is 13.7. The number of ketones is 1. The van der Waals surface area contributed by atoms with Gasteiger partial charge in [-0.05, 0) is 43.6 Å². The van der Waals surface area contributed by atoms with Crippen LogP contribution in [0.15, 0.2) is 12.2 Å². The lowest BCUT2D eigenvalue weighted by Gasteiger charge is -2.51. The van der Waals surface area contributed by atoms with Crippen molar-refractivity contribution in [1.82, 2.24) is 0 Å². The van der Waals surface area contributed by atoms with E-state index in [1.807, 2.05) is 6.92 Å². The molecule has 0 heterocycles. The Kier molecular flexibility index (Phi) is 3.19. The van der Waals surface area contributed by atoms with Crippen LogP contribution in [0.2, 0.25) is 0 Å². The Hall–Kier alpha value is -0.670. The van der Waals surface area contributed by atoms with Gasteiger partial charge in [0.05, 0.1) is 11.5 Å². The van der Waals surface area contributed by atoms with E-state index >= 15 is 0 Å². The number of hydrogen-bond donors (Lipinski definition) is 2. The number of Topliss-reactive ketones (excluding diaryl/α,β-unsaturated/α-hetero) is 1. The van der Waals surface area contributed by atoms with Gasteiger partial charge < -0.3 is 10.2 Å². The van der Waals surface area contributed by atoms with Gasteiger partial charge in [0.1, 0.15) is 5.60 Å². The molecule has 0 aromatic carbocycles. The first-order valence-corrected chi connectivity index (χ1v) is 6.89. The van der Waals surface area contributed by atoms with Crippen LogP contribution in [0.3, 0.4) is 0 Å². The quantitative estimate of drug-likeness (QED) is 0.701. The topological polar surface area (TPSA) is 57.5 Å². The van der Waals surface area contributed by atoms with E-state index in [4.69, 9.17) is 0 Å². The summed E-state index contributed by atoms with van der Waals surface area (Å²) >= 11 is 0. The van der Waals surface area contributed by atoms with Crippen molar-refractivity contribution in [3.8, 4) is 0 Å². The fraction of sp³-hybridized carbons (Fsp3) is 0.800. The van der Waals surface area contributed by atoms with Gasteiger partial charge in [0, 0.05) is 0 Å². The van der Waals surface area contributed by atoms with Gasteiger partial charge >= 0.3 is 0 Å². The summed E-state index contributed by atoms with van der Waals surface area (Å²) in [5.41, 5.74) is -2.51. The van der Waals surface area contributed by atoms with Crippen molar-refractivity contribution < 1.29 is 15.0 Å². The molecule has 0 aromatic rings. The zero-order valence-corrected chi connectivity index (χ0v) is 11.7. The third-order valence-electron chi connectivity index (χ3n) is 4.96. The number of rotatable bonds is 1. The minimum Gasteiger partial charge on any atom is -0.385 e.